The van der Waals surface area contributed by atoms with Gasteiger partial charge < -0.3 is 24.8 Å². The maximum Gasteiger partial charge on any atom is 0.573 e. The minimum absolute atomic E-state index is 0.00142. The lowest BCUT2D eigenvalue weighted by Crippen LogP contribution is -2.44. The second kappa shape index (κ2) is 12.1. The second-order valence-electron chi connectivity index (χ2n) is 8.45. The fraction of sp³-hybridized carbons (Fsp3) is 0.375. The van der Waals surface area contributed by atoms with Gasteiger partial charge >= 0.3 is 18.4 Å². The van der Waals surface area contributed by atoms with Crippen LogP contribution >= 0.6 is 0 Å². The maximum absolute atomic E-state index is 12.8. The Morgan fingerprint density at radius 2 is 1.66 bits per heavy atom. The Morgan fingerprint density at radius 1 is 0.971 bits per heavy atom. The highest BCUT2D eigenvalue weighted by molar-refractivity contribution is 5.97. The van der Waals surface area contributed by atoms with E-state index in [0.717, 1.165) is 17.7 Å². The quantitative estimate of drug-likeness (QED) is 0.477. The highest BCUT2D eigenvalue weighted by atomic mass is 19.4. The van der Waals surface area contributed by atoms with E-state index < -0.39 is 41.7 Å². The molecule has 190 valence electrons. The normalized spacial score (nSPS) is 12.3. The second-order valence-corrected chi connectivity index (χ2v) is 8.45. The van der Waals surface area contributed by atoms with Gasteiger partial charge in [0, 0.05) is 18.2 Å². The molecule has 0 saturated heterocycles. The van der Waals surface area contributed by atoms with E-state index in [0.29, 0.717) is 0 Å². The minimum atomic E-state index is -4.90. The summed E-state index contributed by atoms with van der Waals surface area (Å²) in [6.07, 6.45) is -6.15. The third kappa shape index (κ3) is 11.3. The predicted molar refractivity (Wildman–Crippen MR) is 120 cm³/mol. The molecule has 2 amide bonds. The first-order valence-electron chi connectivity index (χ1n) is 10.7. The van der Waals surface area contributed by atoms with Crippen LogP contribution in [0.3, 0.4) is 0 Å². The lowest BCUT2D eigenvalue weighted by molar-refractivity contribution is -0.274. The summed E-state index contributed by atoms with van der Waals surface area (Å²) >= 11 is 0. The zero-order chi connectivity index (χ0) is 26.1. The Balaban J connectivity index is 2.06. The van der Waals surface area contributed by atoms with Gasteiger partial charge in [-0.15, -0.1) is 13.2 Å². The number of halogens is 3. The van der Waals surface area contributed by atoms with Crippen LogP contribution < -0.4 is 15.4 Å². The van der Waals surface area contributed by atoms with Gasteiger partial charge in [-0.1, -0.05) is 36.4 Å². The maximum atomic E-state index is 12.8. The fourth-order valence-corrected chi connectivity index (χ4v) is 2.83. The summed E-state index contributed by atoms with van der Waals surface area (Å²) in [5.41, 5.74) is -0.0205. The number of alkyl carbamates (subject to hydrolysis) is 1. The molecule has 0 aliphatic carbocycles. The number of benzene rings is 2. The van der Waals surface area contributed by atoms with Crippen molar-refractivity contribution in [2.45, 2.75) is 58.2 Å². The summed E-state index contributed by atoms with van der Waals surface area (Å²) in [6, 6.07) is 12.2. The van der Waals surface area contributed by atoms with Gasteiger partial charge in [-0.2, -0.15) is 0 Å². The molecule has 35 heavy (non-hydrogen) atoms. The third-order valence-electron chi connectivity index (χ3n) is 4.21. The summed E-state index contributed by atoms with van der Waals surface area (Å²) in [5, 5.41) is 4.80. The molecular weight excluding hydrogens is 469 g/mol. The first-order valence-corrected chi connectivity index (χ1v) is 10.7. The van der Waals surface area contributed by atoms with Crippen LogP contribution in [0.2, 0.25) is 0 Å². The first kappa shape index (κ1) is 27.5. The van der Waals surface area contributed by atoms with E-state index in [9.17, 15) is 27.6 Å². The summed E-state index contributed by atoms with van der Waals surface area (Å²) < 4.78 is 51.6. The largest absolute Gasteiger partial charge is 0.573 e. The average Bonchev–Trinajstić information content (AvgIpc) is 2.73. The van der Waals surface area contributed by atoms with E-state index in [1.165, 1.54) is 12.1 Å². The van der Waals surface area contributed by atoms with Crippen molar-refractivity contribution in [3.05, 3.63) is 60.2 Å². The Labute approximate surface area is 200 Å². The molecule has 2 N–H and O–H groups in total. The molecule has 2 aromatic carbocycles. The van der Waals surface area contributed by atoms with Gasteiger partial charge in [0.05, 0.1) is 0 Å². The van der Waals surface area contributed by atoms with Crippen LogP contribution in [0.4, 0.5) is 23.7 Å². The van der Waals surface area contributed by atoms with Crippen molar-refractivity contribution >= 4 is 23.7 Å². The molecule has 2 aromatic rings. The summed E-state index contributed by atoms with van der Waals surface area (Å²) in [7, 11) is 0. The molecule has 0 heterocycles. The molecule has 0 fully saturated rings. The standard InChI is InChI=1S/C24H27F3N2O6/c1-23(2,3)35-20(30)13-12-19(29-22(32)33-15-16-8-5-4-6-9-16)21(31)28-17-10-7-11-18(14-17)34-24(25,26)27/h4-11,14,19H,12-13,15H2,1-3H3,(H,28,31)(H,29,32)/t19-/m0/s1. The zero-order valence-corrected chi connectivity index (χ0v) is 19.5. The number of amides is 2. The summed E-state index contributed by atoms with van der Waals surface area (Å²) in [5.74, 6) is -1.89. The molecule has 0 bridgehead atoms. The van der Waals surface area contributed by atoms with E-state index in [2.05, 4.69) is 15.4 Å². The molecule has 0 aliphatic rings. The van der Waals surface area contributed by atoms with Gasteiger partial charge in [-0.05, 0) is 44.9 Å². The van der Waals surface area contributed by atoms with Crippen molar-refractivity contribution in [2.75, 3.05) is 5.32 Å². The number of carbonyl (C=O) groups excluding carboxylic acids is 3. The number of anilines is 1. The van der Waals surface area contributed by atoms with E-state index in [4.69, 9.17) is 9.47 Å². The summed E-state index contributed by atoms with van der Waals surface area (Å²) in [4.78, 5) is 37.2. The van der Waals surface area contributed by atoms with Crippen LogP contribution in [-0.2, 0) is 25.7 Å². The smallest absolute Gasteiger partial charge is 0.460 e. The molecule has 0 radical (unpaired) electrons. The minimum Gasteiger partial charge on any atom is -0.460 e. The molecule has 2 rings (SSSR count). The Bertz CT molecular complexity index is 1010. The number of nitrogens with one attached hydrogen (secondary N) is 2. The average molecular weight is 496 g/mol. The van der Waals surface area contributed by atoms with Gasteiger partial charge in [0.1, 0.15) is 24.0 Å². The van der Waals surface area contributed by atoms with Crippen LogP contribution in [0, 0.1) is 0 Å². The van der Waals surface area contributed by atoms with E-state index in [1.54, 1.807) is 51.1 Å². The number of carbonyl (C=O) groups is 3. The molecule has 0 aromatic heterocycles. The SMILES string of the molecule is CC(C)(C)OC(=O)CC[C@H](NC(=O)OCc1ccccc1)C(=O)Nc1cccc(OC(F)(F)F)c1. The highest BCUT2D eigenvalue weighted by Gasteiger charge is 2.31. The molecule has 0 spiro atoms. The van der Waals surface area contributed by atoms with Gasteiger partial charge in [-0.3, -0.25) is 9.59 Å². The van der Waals surface area contributed by atoms with E-state index >= 15 is 0 Å². The number of alkyl halides is 3. The van der Waals surface area contributed by atoms with Crippen molar-refractivity contribution < 1.29 is 41.8 Å². The van der Waals surface area contributed by atoms with Crippen LogP contribution in [0.15, 0.2) is 54.6 Å². The van der Waals surface area contributed by atoms with Crippen LogP contribution in [0.5, 0.6) is 5.75 Å². The molecule has 11 heteroatoms. The number of hydrogen-bond acceptors (Lipinski definition) is 6. The van der Waals surface area contributed by atoms with Gasteiger partial charge in [0.2, 0.25) is 5.91 Å². The van der Waals surface area contributed by atoms with E-state index in [1.807, 2.05) is 0 Å². The van der Waals surface area contributed by atoms with Crippen LogP contribution in [0.25, 0.3) is 0 Å². The lowest BCUT2D eigenvalue weighted by atomic mass is 10.1. The number of hydrogen-bond donors (Lipinski definition) is 2. The van der Waals surface area contributed by atoms with Crippen LogP contribution in [-0.4, -0.2) is 36.0 Å². The number of rotatable bonds is 9. The Morgan fingerprint density at radius 3 is 2.29 bits per heavy atom. The lowest BCUT2D eigenvalue weighted by Gasteiger charge is -2.21. The molecule has 0 aliphatic heterocycles. The zero-order valence-electron chi connectivity index (χ0n) is 19.5. The topological polar surface area (TPSA) is 103 Å². The van der Waals surface area contributed by atoms with Crippen molar-refractivity contribution in [3.63, 3.8) is 0 Å². The van der Waals surface area contributed by atoms with Gasteiger partial charge in [0.25, 0.3) is 0 Å². The van der Waals surface area contributed by atoms with Crippen LogP contribution in [0.1, 0.15) is 39.2 Å². The first-order chi connectivity index (χ1) is 16.3. The Kier molecular flexibility index (Phi) is 9.50. The molecule has 0 unspecified atom stereocenters. The van der Waals surface area contributed by atoms with Crippen molar-refractivity contribution in [2.24, 2.45) is 0 Å². The monoisotopic (exact) mass is 496 g/mol. The van der Waals surface area contributed by atoms with Crippen molar-refractivity contribution in [3.8, 4) is 5.75 Å². The highest BCUT2D eigenvalue weighted by Crippen LogP contribution is 2.25. The number of ether oxygens (including phenoxy) is 3. The summed E-state index contributed by atoms with van der Waals surface area (Å²) in [6.45, 7) is 5.00. The molecule has 1 atom stereocenters. The number of esters is 1. The third-order valence-corrected chi connectivity index (χ3v) is 4.21. The van der Waals surface area contributed by atoms with Gasteiger partial charge in [0.15, 0.2) is 0 Å². The molecule has 0 saturated carbocycles. The van der Waals surface area contributed by atoms with E-state index in [-0.39, 0.29) is 25.1 Å². The van der Waals surface area contributed by atoms with Crippen molar-refractivity contribution in [1.29, 1.82) is 0 Å². The van der Waals surface area contributed by atoms with Crippen molar-refractivity contribution in [1.82, 2.24) is 5.32 Å². The Hall–Kier alpha value is -3.76. The molecule has 8 nitrogen and oxygen atoms in total. The van der Waals surface area contributed by atoms with Gasteiger partial charge in [-0.25, -0.2) is 4.79 Å². The molecular formula is C24H27F3N2O6. The fourth-order valence-electron chi connectivity index (χ4n) is 2.83. The predicted octanol–water partition coefficient (Wildman–Crippen LogP) is 4.94.